The molecule has 2 aromatic rings. The van der Waals surface area contributed by atoms with E-state index in [9.17, 15) is 4.39 Å². The Morgan fingerprint density at radius 3 is 2.06 bits per heavy atom. The van der Waals surface area contributed by atoms with Crippen LogP contribution >= 0.6 is 0 Å². The molecule has 0 amide bonds. The van der Waals surface area contributed by atoms with Crippen LogP contribution in [0.4, 0.5) is 4.39 Å². The first kappa shape index (κ1) is 25.1. The molecule has 0 heterocycles. The van der Waals surface area contributed by atoms with Crippen LogP contribution in [0.5, 0.6) is 0 Å². The maximum Gasteiger partial charge on any atom is 0.100 e. The molecule has 1 aliphatic carbocycles. The summed E-state index contributed by atoms with van der Waals surface area (Å²) in [4.78, 5) is 2.60. The molecule has 0 spiro atoms. The van der Waals surface area contributed by atoms with Crippen molar-refractivity contribution in [3.8, 4) is 6.07 Å². The summed E-state index contributed by atoms with van der Waals surface area (Å²) in [5.41, 5.74) is 4.20. The van der Waals surface area contributed by atoms with Gasteiger partial charge in [0.2, 0.25) is 0 Å². The van der Waals surface area contributed by atoms with Gasteiger partial charge in [-0.3, -0.25) is 4.90 Å². The second-order valence-electron chi connectivity index (χ2n) is 9.05. The Labute approximate surface area is 189 Å². The monoisotopic (exact) mass is 422 g/mol. The highest BCUT2D eigenvalue weighted by atomic mass is 19.1. The smallest absolute Gasteiger partial charge is 0.100 e. The molecule has 1 unspecified atom stereocenters. The highest BCUT2D eigenvalue weighted by molar-refractivity contribution is 5.26. The van der Waals surface area contributed by atoms with Crippen LogP contribution in [0.1, 0.15) is 82.4 Å². The summed E-state index contributed by atoms with van der Waals surface area (Å²) in [5, 5.41) is 7.32. The Morgan fingerprint density at radius 2 is 1.52 bits per heavy atom. The molecular weight excluding hydrogens is 383 g/mol. The molecule has 168 valence electrons. The standard InChI is InChI=1S/C26H36FN.C2H3N/c1-20(2)28(19-23-7-5-4-6-8-23)21(3)9-10-22-11-13-24(14-12-22)25-15-17-26(27)18-16-25;1-2-3/h4-8,11-14,20-21,25-26H,9-10,15-19H2,1-3H3;1H3. The number of alkyl halides is 1. The Morgan fingerprint density at radius 1 is 0.935 bits per heavy atom. The molecule has 3 heteroatoms. The first-order valence-corrected chi connectivity index (χ1v) is 11.8. The van der Waals surface area contributed by atoms with Crippen LogP contribution in [0.3, 0.4) is 0 Å². The van der Waals surface area contributed by atoms with E-state index >= 15 is 0 Å². The van der Waals surface area contributed by atoms with Gasteiger partial charge in [-0.05, 0) is 81.9 Å². The lowest BCUT2D eigenvalue weighted by molar-refractivity contribution is 0.147. The zero-order valence-electron chi connectivity index (χ0n) is 19.7. The molecule has 1 aliphatic rings. The van der Waals surface area contributed by atoms with Crippen LogP contribution in [0.25, 0.3) is 0 Å². The van der Waals surface area contributed by atoms with Gasteiger partial charge in [-0.1, -0.05) is 54.6 Å². The van der Waals surface area contributed by atoms with Crippen molar-refractivity contribution in [2.24, 2.45) is 0 Å². The number of benzene rings is 2. The Kier molecular flexibility index (Phi) is 10.7. The van der Waals surface area contributed by atoms with Crippen molar-refractivity contribution in [1.29, 1.82) is 5.26 Å². The van der Waals surface area contributed by atoms with Crippen LogP contribution in [0.15, 0.2) is 54.6 Å². The van der Waals surface area contributed by atoms with E-state index in [1.165, 1.54) is 23.6 Å². The van der Waals surface area contributed by atoms with Crippen molar-refractivity contribution in [2.45, 2.75) is 96.9 Å². The summed E-state index contributed by atoms with van der Waals surface area (Å²) >= 11 is 0. The van der Waals surface area contributed by atoms with Gasteiger partial charge in [0.15, 0.2) is 0 Å². The Bertz CT molecular complexity index is 771. The summed E-state index contributed by atoms with van der Waals surface area (Å²) in [6.07, 6.45) is 5.17. The molecule has 1 saturated carbocycles. The second kappa shape index (κ2) is 13.3. The van der Waals surface area contributed by atoms with Crippen LogP contribution in [-0.2, 0) is 13.0 Å². The van der Waals surface area contributed by atoms with Crippen LogP contribution < -0.4 is 0 Å². The van der Waals surface area contributed by atoms with Crippen molar-refractivity contribution in [1.82, 2.24) is 4.90 Å². The van der Waals surface area contributed by atoms with E-state index in [0.29, 0.717) is 18.0 Å². The van der Waals surface area contributed by atoms with Crippen molar-refractivity contribution in [2.75, 3.05) is 0 Å². The largest absolute Gasteiger partial charge is 0.294 e. The third-order valence-electron chi connectivity index (χ3n) is 6.40. The number of hydrogen-bond donors (Lipinski definition) is 0. The fourth-order valence-corrected chi connectivity index (χ4v) is 4.53. The minimum atomic E-state index is -0.572. The topological polar surface area (TPSA) is 27.0 Å². The summed E-state index contributed by atoms with van der Waals surface area (Å²) in [6, 6.07) is 22.7. The fourth-order valence-electron chi connectivity index (χ4n) is 4.53. The minimum Gasteiger partial charge on any atom is -0.294 e. The molecule has 0 aliphatic heterocycles. The molecule has 0 bridgehead atoms. The van der Waals surface area contributed by atoms with Gasteiger partial charge in [-0.2, -0.15) is 5.26 Å². The van der Waals surface area contributed by atoms with Crippen molar-refractivity contribution < 1.29 is 4.39 Å². The van der Waals surface area contributed by atoms with Gasteiger partial charge >= 0.3 is 0 Å². The lowest BCUT2D eigenvalue weighted by Gasteiger charge is -2.33. The zero-order chi connectivity index (χ0) is 22.6. The lowest BCUT2D eigenvalue weighted by Crippen LogP contribution is -2.38. The van der Waals surface area contributed by atoms with Crippen molar-refractivity contribution in [3.05, 3.63) is 71.3 Å². The molecule has 1 atom stereocenters. The normalized spacial score (nSPS) is 19.4. The predicted molar refractivity (Wildman–Crippen MR) is 129 cm³/mol. The third-order valence-corrected chi connectivity index (χ3v) is 6.40. The number of halogens is 1. The minimum absolute atomic E-state index is 0.531. The number of rotatable bonds is 8. The van der Waals surface area contributed by atoms with Crippen molar-refractivity contribution >= 4 is 0 Å². The van der Waals surface area contributed by atoms with E-state index in [-0.39, 0.29) is 0 Å². The van der Waals surface area contributed by atoms with E-state index in [1.54, 1.807) is 6.07 Å². The Hall–Kier alpha value is -2.18. The van der Waals surface area contributed by atoms with Gasteiger partial charge in [0.25, 0.3) is 0 Å². The SMILES string of the molecule is CC#N.CC(C)N(Cc1ccccc1)C(C)CCc1ccc(C2CCC(F)CC2)cc1. The zero-order valence-corrected chi connectivity index (χ0v) is 19.7. The van der Waals surface area contributed by atoms with Crippen LogP contribution in [0, 0.1) is 11.3 Å². The summed E-state index contributed by atoms with van der Waals surface area (Å²) in [5.74, 6) is 0.558. The third kappa shape index (κ3) is 8.46. The first-order chi connectivity index (χ1) is 14.9. The average Bonchev–Trinajstić information content (AvgIpc) is 2.78. The highest BCUT2D eigenvalue weighted by Gasteiger charge is 2.22. The molecule has 0 aromatic heterocycles. The van der Waals surface area contributed by atoms with Gasteiger partial charge < -0.3 is 0 Å². The molecule has 0 radical (unpaired) electrons. The molecular formula is C28H39FN2. The first-order valence-electron chi connectivity index (χ1n) is 11.8. The number of nitriles is 1. The van der Waals surface area contributed by atoms with E-state index in [1.807, 2.05) is 0 Å². The summed E-state index contributed by atoms with van der Waals surface area (Å²) in [6.45, 7) is 9.38. The van der Waals surface area contributed by atoms with Gasteiger partial charge in [0.1, 0.15) is 6.17 Å². The summed E-state index contributed by atoms with van der Waals surface area (Å²) < 4.78 is 13.4. The van der Waals surface area contributed by atoms with Gasteiger partial charge in [0.05, 0.1) is 6.07 Å². The molecule has 0 saturated heterocycles. The maximum absolute atomic E-state index is 13.4. The molecule has 2 aromatic carbocycles. The molecule has 31 heavy (non-hydrogen) atoms. The predicted octanol–water partition coefficient (Wildman–Crippen LogP) is 7.44. The quantitative estimate of drug-likeness (QED) is 0.442. The molecule has 1 fully saturated rings. The Balaban J connectivity index is 0.00000107. The number of hydrogen-bond acceptors (Lipinski definition) is 2. The number of nitrogens with zero attached hydrogens (tertiary/aromatic N) is 2. The van der Waals surface area contributed by atoms with E-state index in [2.05, 4.69) is 80.3 Å². The maximum atomic E-state index is 13.4. The highest BCUT2D eigenvalue weighted by Crippen LogP contribution is 2.34. The van der Waals surface area contributed by atoms with Gasteiger partial charge in [-0.15, -0.1) is 0 Å². The van der Waals surface area contributed by atoms with Crippen LogP contribution in [0.2, 0.25) is 0 Å². The number of aryl methyl sites for hydroxylation is 1. The van der Waals surface area contributed by atoms with E-state index in [4.69, 9.17) is 5.26 Å². The van der Waals surface area contributed by atoms with Gasteiger partial charge in [0, 0.05) is 25.6 Å². The van der Waals surface area contributed by atoms with E-state index in [0.717, 1.165) is 45.1 Å². The van der Waals surface area contributed by atoms with E-state index < -0.39 is 6.17 Å². The second-order valence-corrected chi connectivity index (χ2v) is 9.05. The van der Waals surface area contributed by atoms with Gasteiger partial charge in [-0.25, -0.2) is 4.39 Å². The molecule has 2 nitrogen and oxygen atoms in total. The molecule has 0 N–H and O–H groups in total. The van der Waals surface area contributed by atoms with Crippen molar-refractivity contribution in [3.63, 3.8) is 0 Å². The summed E-state index contributed by atoms with van der Waals surface area (Å²) in [7, 11) is 0. The van der Waals surface area contributed by atoms with Crippen LogP contribution in [-0.4, -0.2) is 23.2 Å². The lowest BCUT2D eigenvalue weighted by atomic mass is 9.83. The average molecular weight is 423 g/mol. The fraction of sp³-hybridized carbons (Fsp3) is 0.536. The molecule has 3 rings (SSSR count).